The summed E-state index contributed by atoms with van der Waals surface area (Å²) in [5.74, 6) is -1.04. The molecule has 1 aromatic heterocycles. The maximum atomic E-state index is 13.8. The predicted molar refractivity (Wildman–Crippen MR) is 99.0 cm³/mol. The van der Waals surface area contributed by atoms with Gasteiger partial charge in [0.05, 0.1) is 25.9 Å². The van der Waals surface area contributed by atoms with E-state index in [4.69, 9.17) is 4.74 Å². The summed E-state index contributed by atoms with van der Waals surface area (Å²) >= 11 is 0. The van der Waals surface area contributed by atoms with Gasteiger partial charge in [0.1, 0.15) is 17.4 Å². The highest BCUT2D eigenvalue weighted by Crippen LogP contribution is 2.28. The molecule has 3 rings (SSSR count). The molecule has 1 heterocycles. The fourth-order valence-electron chi connectivity index (χ4n) is 2.90. The van der Waals surface area contributed by atoms with Crippen molar-refractivity contribution in [3.05, 3.63) is 77.1 Å². The van der Waals surface area contributed by atoms with Gasteiger partial charge in [0.2, 0.25) is 0 Å². The number of halogens is 2. The van der Waals surface area contributed by atoms with Gasteiger partial charge >= 0.3 is 0 Å². The zero-order valence-electron chi connectivity index (χ0n) is 15.8. The highest BCUT2D eigenvalue weighted by atomic mass is 19.1. The number of para-hydroxylation sites is 1. The van der Waals surface area contributed by atoms with Gasteiger partial charge in [-0.2, -0.15) is 0 Å². The van der Waals surface area contributed by atoms with E-state index in [-0.39, 0.29) is 29.8 Å². The zero-order valence-corrected chi connectivity index (χ0v) is 15.8. The summed E-state index contributed by atoms with van der Waals surface area (Å²) in [4.78, 5) is 14.3. The minimum atomic E-state index is -0.676. The number of benzene rings is 2. The molecular weight excluding hydrogens is 366 g/mol. The Kier molecular flexibility index (Phi) is 5.67. The van der Waals surface area contributed by atoms with Crippen molar-refractivity contribution in [3.63, 3.8) is 0 Å². The molecule has 146 valence electrons. The van der Waals surface area contributed by atoms with Gasteiger partial charge in [0, 0.05) is 18.2 Å². The van der Waals surface area contributed by atoms with Crippen molar-refractivity contribution in [3.8, 4) is 5.75 Å². The van der Waals surface area contributed by atoms with Gasteiger partial charge < -0.3 is 9.64 Å². The number of aromatic nitrogens is 3. The topological polar surface area (TPSA) is 60.2 Å². The molecule has 0 saturated carbocycles. The molecule has 8 heteroatoms. The van der Waals surface area contributed by atoms with E-state index >= 15 is 0 Å². The normalized spacial score (nSPS) is 11.9. The third-order valence-corrected chi connectivity index (χ3v) is 4.63. The van der Waals surface area contributed by atoms with Gasteiger partial charge in [-0.05, 0) is 25.1 Å². The van der Waals surface area contributed by atoms with Crippen LogP contribution < -0.4 is 4.74 Å². The van der Waals surface area contributed by atoms with Crippen LogP contribution in [-0.4, -0.2) is 40.0 Å². The molecule has 0 saturated heterocycles. The Balaban J connectivity index is 1.78. The number of methoxy groups -OCH3 is 1. The van der Waals surface area contributed by atoms with Crippen LogP contribution in [0, 0.1) is 11.6 Å². The van der Waals surface area contributed by atoms with E-state index in [1.165, 1.54) is 34.0 Å². The lowest BCUT2D eigenvalue weighted by Crippen LogP contribution is -2.30. The Morgan fingerprint density at radius 2 is 1.86 bits per heavy atom. The summed E-state index contributed by atoms with van der Waals surface area (Å²) in [5, 5.41) is 7.68. The molecule has 1 unspecified atom stereocenters. The Morgan fingerprint density at radius 1 is 1.18 bits per heavy atom. The van der Waals surface area contributed by atoms with Crippen LogP contribution in [0.5, 0.6) is 5.75 Å². The van der Waals surface area contributed by atoms with Gasteiger partial charge in [-0.1, -0.05) is 29.5 Å². The molecule has 28 heavy (non-hydrogen) atoms. The molecule has 0 aliphatic rings. The summed E-state index contributed by atoms with van der Waals surface area (Å²) in [6.45, 7) is 1.71. The molecule has 0 N–H and O–H groups in total. The first kappa shape index (κ1) is 19.5. The van der Waals surface area contributed by atoms with Crippen LogP contribution in [0.1, 0.15) is 34.6 Å². The van der Waals surface area contributed by atoms with E-state index in [0.29, 0.717) is 5.75 Å². The summed E-state index contributed by atoms with van der Waals surface area (Å²) < 4.78 is 34.2. The standard InChI is InChI=1S/C20H20F2N4O2/c1-13(14-7-4-5-10-19(14)28-3)25(2)20(27)18-12-26(24-23-18)11-15-16(21)8-6-9-17(15)22/h4-10,12-13H,11H2,1-3H3. The van der Waals surface area contributed by atoms with Gasteiger partial charge in [0.15, 0.2) is 5.69 Å². The van der Waals surface area contributed by atoms with Gasteiger partial charge in [-0.15, -0.1) is 5.10 Å². The minimum Gasteiger partial charge on any atom is -0.496 e. The third kappa shape index (κ3) is 3.85. The smallest absolute Gasteiger partial charge is 0.276 e. The number of ether oxygens (including phenoxy) is 1. The number of hydrogen-bond donors (Lipinski definition) is 0. The second-order valence-corrected chi connectivity index (χ2v) is 6.34. The van der Waals surface area contributed by atoms with Crippen LogP contribution in [0.2, 0.25) is 0 Å². The number of carbonyl (C=O) groups excluding carboxylic acids is 1. The van der Waals surface area contributed by atoms with E-state index < -0.39 is 11.6 Å². The van der Waals surface area contributed by atoms with E-state index in [0.717, 1.165) is 5.56 Å². The number of carbonyl (C=O) groups is 1. The molecule has 0 fully saturated rings. The highest BCUT2D eigenvalue weighted by molar-refractivity contribution is 5.92. The van der Waals surface area contributed by atoms with Gasteiger partial charge in [-0.3, -0.25) is 4.79 Å². The summed E-state index contributed by atoms with van der Waals surface area (Å²) in [6.07, 6.45) is 1.37. The monoisotopic (exact) mass is 386 g/mol. The molecule has 0 radical (unpaired) electrons. The predicted octanol–water partition coefficient (Wildman–Crippen LogP) is 3.45. The Hall–Kier alpha value is -3.29. The van der Waals surface area contributed by atoms with Crippen molar-refractivity contribution in [1.29, 1.82) is 0 Å². The fourth-order valence-corrected chi connectivity index (χ4v) is 2.90. The van der Waals surface area contributed by atoms with Crippen LogP contribution in [0.4, 0.5) is 8.78 Å². The molecule has 0 aliphatic carbocycles. The Bertz CT molecular complexity index is 970. The molecule has 2 aromatic carbocycles. The summed E-state index contributed by atoms with van der Waals surface area (Å²) in [5.41, 5.74) is 0.796. The lowest BCUT2D eigenvalue weighted by atomic mass is 10.1. The van der Waals surface area contributed by atoms with Crippen LogP contribution >= 0.6 is 0 Å². The second kappa shape index (κ2) is 8.16. The molecule has 1 atom stereocenters. The number of amides is 1. The lowest BCUT2D eigenvalue weighted by Gasteiger charge is -2.25. The largest absolute Gasteiger partial charge is 0.496 e. The van der Waals surface area contributed by atoms with Crippen LogP contribution in [0.25, 0.3) is 0 Å². The van der Waals surface area contributed by atoms with Crippen molar-refractivity contribution >= 4 is 5.91 Å². The van der Waals surface area contributed by atoms with Crippen LogP contribution in [-0.2, 0) is 6.54 Å². The van der Waals surface area contributed by atoms with Gasteiger partial charge in [-0.25, -0.2) is 13.5 Å². The Labute approximate surface area is 161 Å². The number of nitrogens with zero attached hydrogens (tertiary/aromatic N) is 4. The maximum absolute atomic E-state index is 13.8. The van der Waals surface area contributed by atoms with E-state index in [9.17, 15) is 13.6 Å². The summed E-state index contributed by atoms with van der Waals surface area (Å²) in [7, 11) is 3.22. The minimum absolute atomic E-state index is 0.0843. The van der Waals surface area contributed by atoms with Crippen molar-refractivity contribution in [2.24, 2.45) is 0 Å². The maximum Gasteiger partial charge on any atom is 0.276 e. The van der Waals surface area contributed by atoms with Crippen LogP contribution in [0.15, 0.2) is 48.7 Å². The molecule has 3 aromatic rings. The fraction of sp³-hybridized carbons (Fsp3) is 0.250. The van der Waals surface area contributed by atoms with E-state index in [1.807, 2.05) is 31.2 Å². The van der Waals surface area contributed by atoms with Crippen molar-refractivity contribution in [1.82, 2.24) is 19.9 Å². The van der Waals surface area contributed by atoms with Crippen molar-refractivity contribution < 1.29 is 18.3 Å². The first-order chi connectivity index (χ1) is 13.4. The molecule has 0 spiro atoms. The SMILES string of the molecule is COc1ccccc1C(C)N(C)C(=O)c1cn(Cc2c(F)cccc2F)nn1. The lowest BCUT2D eigenvalue weighted by molar-refractivity contribution is 0.0735. The molecule has 0 bridgehead atoms. The average molecular weight is 386 g/mol. The Morgan fingerprint density at radius 3 is 2.54 bits per heavy atom. The van der Waals surface area contributed by atoms with Gasteiger partial charge in [0.25, 0.3) is 5.91 Å². The molecule has 0 aliphatic heterocycles. The quantitative estimate of drug-likeness (QED) is 0.651. The van der Waals surface area contributed by atoms with E-state index in [2.05, 4.69) is 10.3 Å². The molecule has 1 amide bonds. The first-order valence-electron chi connectivity index (χ1n) is 8.65. The van der Waals surface area contributed by atoms with Crippen molar-refractivity contribution in [2.75, 3.05) is 14.2 Å². The van der Waals surface area contributed by atoms with Crippen molar-refractivity contribution in [2.45, 2.75) is 19.5 Å². The average Bonchev–Trinajstić information content (AvgIpc) is 3.17. The van der Waals surface area contributed by atoms with Crippen LogP contribution in [0.3, 0.4) is 0 Å². The molecular formula is C20H20F2N4O2. The third-order valence-electron chi connectivity index (χ3n) is 4.63. The number of hydrogen-bond acceptors (Lipinski definition) is 4. The second-order valence-electron chi connectivity index (χ2n) is 6.34. The molecule has 6 nitrogen and oxygen atoms in total. The first-order valence-corrected chi connectivity index (χ1v) is 8.65. The number of rotatable bonds is 6. The zero-order chi connectivity index (χ0) is 20.3. The summed E-state index contributed by atoms with van der Waals surface area (Å²) in [6, 6.07) is 10.8. The highest BCUT2D eigenvalue weighted by Gasteiger charge is 2.23. The van der Waals surface area contributed by atoms with E-state index in [1.54, 1.807) is 14.2 Å².